The van der Waals surface area contributed by atoms with E-state index >= 15 is 0 Å². The minimum Gasteiger partial charge on any atom is -0.452 e. The maximum Gasteiger partial charge on any atom is 0.338 e. The predicted octanol–water partition coefficient (Wildman–Crippen LogP) is 4.15. The zero-order valence-corrected chi connectivity index (χ0v) is 15.2. The van der Waals surface area contributed by atoms with Crippen molar-refractivity contribution in [2.75, 3.05) is 6.61 Å². The van der Waals surface area contributed by atoms with Gasteiger partial charge in [0.1, 0.15) is 0 Å². The SMILES string of the molecule is Cc1ccc([C@H](C)NC(=O)COC(=O)c2ccc(C(C)C)cc2)cc1. The van der Waals surface area contributed by atoms with Crippen LogP contribution < -0.4 is 5.32 Å². The third-order valence-corrected chi connectivity index (χ3v) is 4.10. The molecule has 0 unspecified atom stereocenters. The van der Waals surface area contributed by atoms with Crippen LogP contribution in [-0.4, -0.2) is 18.5 Å². The van der Waals surface area contributed by atoms with Gasteiger partial charge in [0.25, 0.3) is 5.91 Å². The molecule has 0 bridgehead atoms. The lowest BCUT2D eigenvalue weighted by Gasteiger charge is -2.14. The molecule has 0 aromatic heterocycles. The van der Waals surface area contributed by atoms with E-state index in [1.807, 2.05) is 50.2 Å². The molecule has 0 saturated heterocycles. The van der Waals surface area contributed by atoms with Gasteiger partial charge in [0.05, 0.1) is 11.6 Å². The molecule has 0 radical (unpaired) electrons. The second-order valence-corrected chi connectivity index (χ2v) is 6.55. The Kier molecular flexibility index (Phi) is 6.34. The minimum absolute atomic E-state index is 0.142. The van der Waals surface area contributed by atoms with Crippen LogP contribution in [0.2, 0.25) is 0 Å². The first-order chi connectivity index (χ1) is 11.9. The van der Waals surface area contributed by atoms with Crippen LogP contribution in [0.5, 0.6) is 0 Å². The van der Waals surface area contributed by atoms with Gasteiger partial charge in [-0.05, 0) is 43.0 Å². The molecule has 4 nitrogen and oxygen atoms in total. The van der Waals surface area contributed by atoms with Crippen LogP contribution in [0.4, 0.5) is 0 Å². The molecule has 1 atom stereocenters. The molecule has 0 aliphatic carbocycles. The van der Waals surface area contributed by atoms with Gasteiger partial charge in [-0.3, -0.25) is 4.79 Å². The fourth-order valence-electron chi connectivity index (χ4n) is 2.44. The third kappa shape index (κ3) is 5.45. The van der Waals surface area contributed by atoms with E-state index in [1.54, 1.807) is 12.1 Å². The molecular formula is C21H25NO3. The molecule has 2 aromatic carbocycles. The molecule has 0 fully saturated rings. The van der Waals surface area contributed by atoms with Gasteiger partial charge in [-0.1, -0.05) is 55.8 Å². The van der Waals surface area contributed by atoms with Gasteiger partial charge in [-0.25, -0.2) is 4.79 Å². The highest BCUT2D eigenvalue weighted by molar-refractivity contribution is 5.91. The number of nitrogens with one attached hydrogen (secondary N) is 1. The molecular weight excluding hydrogens is 314 g/mol. The molecule has 1 amide bonds. The minimum atomic E-state index is -0.492. The van der Waals surface area contributed by atoms with Crippen molar-refractivity contribution in [2.24, 2.45) is 0 Å². The van der Waals surface area contributed by atoms with Gasteiger partial charge in [-0.2, -0.15) is 0 Å². The second kappa shape index (κ2) is 8.47. The molecule has 132 valence electrons. The maximum absolute atomic E-state index is 12.0. The van der Waals surface area contributed by atoms with Crippen molar-refractivity contribution in [1.29, 1.82) is 0 Å². The van der Waals surface area contributed by atoms with Gasteiger partial charge in [-0.15, -0.1) is 0 Å². The van der Waals surface area contributed by atoms with E-state index in [0.29, 0.717) is 11.5 Å². The van der Waals surface area contributed by atoms with Crippen LogP contribution in [-0.2, 0) is 9.53 Å². The highest BCUT2D eigenvalue weighted by Crippen LogP contribution is 2.15. The van der Waals surface area contributed by atoms with Crippen LogP contribution in [0.25, 0.3) is 0 Å². The number of carbonyl (C=O) groups excluding carboxylic acids is 2. The number of hydrogen-bond acceptors (Lipinski definition) is 3. The largest absolute Gasteiger partial charge is 0.452 e. The summed E-state index contributed by atoms with van der Waals surface area (Å²) >= 11 is 0. The predicted molar refractivity (Wildman–Crippen MR) is 98.6 cm³/mol. The van der Waals surface area contributed by atoms with E-state index in [0.717, 1.165) is 11.1 Å². The average Bonchev–Trinajstić information content (AvgIpc) is 2.60. The third-order valence-electron chi connectivity index (χ3n) is 4.10. The molecule has 0 heterocycles. The first-order valence-electron chi connectivity index (χ1n) is 8.50. The lowest BCUT2D eigenvalue weighted by molar-refractivity contribution is -0.124. The van der Waals surface area contributed by atoms with E-state index in [1.165, 1.54) is 5.56 Å². The van der Waals surface area contributed by atoms with Crippen LogP contribution in [0.1, 0.15) is 59.8 Å². The summed E-state index contributed by atoms with van der Waals surface area (Å²) in [5, 5.41) is 2.83. The number of rotatable bonds is 6. The molecule has 0 aliphatic heterocycles. The van der Waals surface area contributed by atoms with Crippen molar-refractivity contribution in [3.05, 3.63) is 70.8 Å². The molecule has 2 aromatic rings. The number of esters is 1. The summed E-state index contributed by atoms with van der Waals surface area (Å²) in [6.45, 7) is 7.80. The molecule has 0 aliphatic rings. The van der Waals surface area contributed by atoms with E-state index in [-0.39, 0.29) is 18.6 Å². The van der Waals surface area contributed by atoms with E-state index in [9.17, 15) is 9.59 Å². The van der Waals surface area contributed by atoms with Crippen LogP contribution in [0.15, 0.2) is 48.5 Å². The Morgan fingerprint density at radius 2 is 1.48 bits per heavy atom. The summed E-state index contributed by atoms with van der Waals surface area (Å²) in [5.74, 6) is -0.409. The van der Waals surface area contributed by atoms with E-state index in [4.69, 9.17) is 4.74 Å². The lowest BCUT2D eigenvalue weighted by Crippen LogP contribution is -2.31. The maximum atomic E-state index is 12.0. The smallest absolute Gasteiger partial charge is 0.338 e. The summed E-state index contributed by atoms with van der Waals surface area (Å²) in [7, 11) is 0. The summed E-state index contributed by atoms with van der Waals surface area (Å²) in [4.78, 5) is 24.0. The van der Waals surface area contributed by atoms with Gasteiger partial charge in [0.15, 0.2) is 6.61 Å². The number of benzene rings is 2. The highest BCUT2D eigenvalue weighted by Gasteiger charge is 2.13. The molecule has 2 rings (SSSR count). The number of amides is 1. The van der Waals surface area contributed by atoms with Crippen molar-refractivity contribution in [2.45, 2.75) is 39.7 Å². The normalized spacial score (nSPS) is 11.9. The average molecular weight is 339 g/mol. The summed E-state index contributed by atoms with van der Waals surface area (Å²) in [6, 6.07) is 15.1. The first kappa shape index (κ1) is 18.7. The number of aryl methyl sites for hydroxylation is 1. The van der Waals surface area contributed by atoms with Crippen LogP contribution in [0.3, 0.4) is 0 Å². The quantitative estimate of drug-likeness (QED) is 0.804. The van der Waals surface area contributed by atoms with Crippen LogP contribution in [0, 0.1) is 6.92 Å². The van der Waals surface area contributed by atoms with Gasteiger partial charge in [0.2, 0.25) is 0 Å². The summed E-state index contributed by atoms with van der Waals surface area (Å²) < 4.78 is 5.10. The second-order valence-electron chi connectivity index (χ2n) is 6.55. The van der Waals surface area contributed by atoms with Crippen molar-refractivity contribution in [3.8, 4) is 0 Å². The Morgan fingerprint density at radius 3 is 2.04 bits per heavy atom. The zero-order chi connectivity index (χ0) is 18.4. The van der Waals surface area contributed by atoms with Gasteiger partial charge < -0.3 is 10.1 Å². The molecule has 0 saturated carbocycles. The van der Waals surface area contributed by atoms with Crippen molar-refractivity contribution >= 4 is 11.9 Å². The summed E-state index contributed by atoms with van der Waals surface area (Å²) in [5.41, 5.74) is 3.78. The van der Waals surface area contributed by atoms with Gasteiger partial charge >= 0.3 is 5.97 Å². The molecule has 1 N–H and O–H groups in total. The van der Waals surface area contributed by atoms with E-state index < -0.39 is 5.97 Å². The van der Waals surface area contributed by atoms with Crippen molar-refractivity contribution < 1.29 is 14.3 Å². The standard InChI is InChI=1S/C21H25NO3/c1-14(2)17-9-11-19(12-10-17)21(24)25-13-20(23)22-16(4)18-7-5-15(3)6-8-18/h5-12,14,16H,13H2,1-4H3,(H,22,23)/t16-/m0/s1. The molecule has 4 heteroatoms. The first-order valence-corrected chi connectivity index (χ1v) is 8.50. The lowest BCUT2D eigenvalue weighted by atomic mass is 10.0. The van der Waals surface area contributed by atoms with Crippen molar-refractivity contribution in [1.82, 2.24) is 5.32 Å². The Balaban J connectivity index is 1.84. The van der Waals surface area contributed by atoms with Crippen molar-refractivity contribution in [3.63, 3.8) is 0 Å². The molecule has 0 spiro atoms. The number of hydrogen-bond donors (Lipinski definition) is 1. The Morgan fingerprint density at radius 1 is 0.920 bits per heavy atom. The Hall–Kier alpha value is -2.62. The monoisotopic (exact) mass is 339 g/mol. The molecule has 25 heavy (non-hydrogen) atoms. The van der Waals surface area contributed by atoms with Gasteiger partial charge in [0, 0.05) is 0 Å². The Labute approximate surface area is 149 Å². The Bertz CT molecular complexity index is 718. The van der Waals surface area contributed by atoms with E-state index in [2.05, 4.69) is 19.2 Å². The topological polar surface area (TPSA) is 55.4 Å². The fraction of sp³-hybridized carbons (Fsp3) is 0.333. The number of ether oxygens (including phenoxy) is 1. The number of carbonyl (C=O) groups is 2. The van der Waals surface area contributed by atoms with Crippen LogP contribution >= 0.6 is 0 Å². The summed E-state index contributed by atoms with van der Waals surface area (Å²) in [6.07, 6.45) is 0. The highest BCUT2D eigenvalue weighted by atomic mass is 16.5. The zero-order valence-electron chi connectivity index (χ0n) is 15.2. The fourth-order valence-corrected chi connectivity index (χ4v) is 2.44.